The quantitative estimate of drug-likeness (QED) is 0.470. The summed E-state index contributed by atoms with van der Waals surface area (Å²) in [5.74, 6) is -0.429. The smallest absolute Gasteiger partial charge is 0.255 e. The molecule has 4 rings (SSSR count). The molecule has 0 atom stereocenters. The van der Waals surface area contributed by atoms with Crippen LogP contribution in [-0.2, 0) is 11.3 Å². The number of ether oxygens (including phenoxy) is 1. The topological polar surface area (TPSA) is 38.3 Å². The van der Waals surface area contributed by atoms with Crippen LogP contribution in [0.1, 0.15) is 43.2 Å². The highest BCUT2D eigenvalue weighted by Crippen LogP contribution is 2.30. The normalized spacial score (nSPS) is 16.4. The van der Waals surface area contributed by atoms with E-state index in [-0.39, 0.29) is 42.2 Å². The molecule has 0 saturated heterocycles. The molecular weight excluding hydrogens is 506 g/mol. The number of anilines is 1. The van der Waals surface area contributed by atoms with Gasteiger partial charge in [0.05, 0.1) is 25.7 Å². The van der Waals surface area contributed by atoms with E-state index < -0.39 is 5.82 Å². The Bertz CT molecular complexity index is 950. The largest absolute Gasteiger partial charge is 1.00 e. The predicted molar refractivity (Wildman–Crippen MR) is 118 cm³/mol. The summed E-state index contributed by atoms with van der Waals surface area (Å²) in [6, 6.07) is 13.5. The first-order valence-corrected chi connectivity index (χ1v) is 10.8. The van der Waals surface area contributed by atoms with Crippen LogP contribution in [0.15, 0.2) is 48.0 Å². The Morgan fingerprint density at radius 1 is 1.10 bits per heavy atom. The highest BCUT2D eigenvalue weighted by Gasteiger charge is 2.29. The Kier molecular flexibility index (Phi) is 7.75. The molecule has 0 radical (unpaired) electrons. The van der Waals surface area contributed by atoms with Crippen LogP contribution in [-0.4, -0.2) is 37.1 Å². The van der Waals surface area contributed by atoms with Gasteiger partial charge in [0.15, 0.2) is 11.6 Å². The molecule has 1 fully saturated rings. The Hall–Kier alpha value is -1.93. The average Bonchev–Trinajstić information content (AvgIpc) is 2.75. The van der Waals surface area contributed by atoms with Gasteiger partial charge in [0.25, 0.3) is 5.91 Å². The van der Waals surface area contributed by atoms with Gasteiger partial charge in [0.1, 0.15) is 13.2 Å². The van der Waals surface area contributed by atoms with E-state index in [2.05, 4.69) is 31.5 Å². The van der Waals surface area contributed by atoms with Crippen LogP contribution in [0.4, 0.5) is 10.1 Å². The van der Waals surface area contributed by atoms with E-state index in [1.807, 2.05) is 12.1 Å². The van der Waals surface area contributed by atoms with Crippen molar-refractivity contribution < 1.29 is 42.4 Å². The minimum absolute atomic E-state index is 0. The lowest BCUT2D eigenvalue weighted by Gasteiger charge is -2.40. The van der Waals surface area contributed by atoms with E-state index in [1.165, 1.54) is 43.7 Å². The van der Waals surface area contributed by atoms with Gasteiger partial charge in [-0.25, -0.2) is 4.39 Å². The van der Waals surface area contributed by atoms with Gasteiger partial charge in [0.2, 0.25) is 0 Å². The van der Waals surface area contributed by atoms with E-state index in [9.17, 15) is 9.18 Å². The van der Waals surface area contributed by atoms with E-state index in [4.69, 9.17) is 4.74 Å². The third-order valence-electron chi connectivity index (χ3n) is 6.36. The summed E-state index contributed by atoms with van der Waals surface area (Å²) in [4.78, 5) is 12.6. The molecule has 166 valence electrons. The number of para-hydroxylation sites is 1. The molecular formula is C25H30FIN2O2. The van der Waals surface area contributed by atoms with E-state index in [0.29, 0.717) is 11.1 Å². The first-order valence-electron chi connectivity index (χ1n) is 10.8. The second kappa shape index (κ2) is 10.1. The van der Waals surface area contributed by atoms with Crippen molar-refractivity contribution >= 4 is 17.7 Å². The van der Waals surface area contributed by atoms with Crippen LogP contribution in [0.5, 0.6) is 5.75 Å². The van der Waals surface area contributed by atoms with Crippen molar-refractivity contribution in [1.29, 1.82) is 0 Å². The van der Waals surface area contributed by atoms with Gasteiger partial charge in [-0.3, -0.25) is 4.79 Å². The van der Waals surface area contributed by atoms with Gasteiger partial charge < -0.3 is 38.5 Å². The summed E-state index contributed by atoms with van der Waals surface area (Å²) in [6.07, 6.45) is 8.36. The molecule has 0 unspecified atom stereocenters. The number of rotatable bonds is 5. The van der Waals surface area contributed by atoms with Crippen molar-refractivity contribution in [2.75, 3.05) is 26.0 Å². The first-order chi connectivity index (χ1) is 14.4. The lowest BCUT2D eigenvalue weighted by atomic mass is 9.92. The van der Waals surface area contributed by atoms with Gasteiger partial charge in [-0.05, 0) is 50.0 Å². The second-order valence-electron chi connectivity index (χ2n) is 9.00. The molecule has 2 aromatic rings. The van der Waals surface area contributed by atoms with Crippen molar-refractivity contribution in [2.45, 2.75) is 44.7 Å². The highest BCUT2D eigenvalue weighted by molar-refractivity contribution is 6.07. The zero-order chi connectivity index (χ0) is 21.1. The number of benzene rings is 2. The number of hydrogen-bond donors (Lipinski definition) is 1. The lowest BCUT2D eigenvalue weighted by molar-refractivity contribution is -0.929. The number of carbonyl (C=O) groups excluding carboxylic acids is 1. The number of nitrogens with one attached hydrogen (secondary N) is 1. The molecule has 31 heavy (non-hydrogen) atoms. The fraction of sp³-hybridized carbons (Fsp3) is 0.400. The maximum Gasteiger partial charge on any atom is 0.255 e. The predicted octanol–water partition coefficient (Wildman–Crippen LogP) is 2.15. The third-order valence-corrected chi connectivity index (χ3v) is 6.36. The Morgan fingerprint density at radius 2 is 1.81 bits per heavy atom. The molecule has 6 heteroatoms. The fourth-order valence-corrected chi connectivity index (χ4v) is 4.59. The van der Waals surface area contributed by atoms with Crippen molar-refractivity contribution in [3.8, 4) is 5.75 Å². The molecule has 0 spiro atoms. The van der Waals surface area contributed by atoms with E-state index in [0.717, 1.165) is 22.8 Å². The maximum atomic E-state index is 13.8. The zero-order valence-electron chi connectivity index (χ0n) is 18.2. The minimum atomic E-state index is -0.409. The van der Waals surface area contributed by atoms with Crippen molar-refractivity contribution in [3.63, 3.8) is 0 Å². The molecule has 1 amide bonds. The van der Waals surface area contributed by atoms with Crippen molar-refractivity contribution in [2.24, 2.45) is 0 Å². The number of nitrogens with zero attached hydrogens (tertiary/aromatic N) is 1. The van der Waals surface area contributed by atoms with Gasteiger partial charge in [-0.15, -0.1) is 0 Å². The molecule has 1 heterocycles. The molecule has 2 aliphatic rings. The summed E-state index contributed by atoms with van der Waals surface area (Å²) >= 11 is 0. The molecule has 1 aliphatic heterocycles. The van der Waals surface area contributed by atoms with Crippen molar-refractivity contribution in [3.05, 3.63) is 65.0 Å². The van der Waals surface area contributed by atoms with Gasteiger partial charge in [-0.1, -0.05) is 30.7 Å². The number of quaternary nitrogens is 1. The third kappa shape index (κ3) is 5.66. The first kappa shape index (κ1) is 23.7. The van der Waals surface area contributed by atoms with Crippen LogP contribution < -0.4 is 34.0 Å². The maximum absolute atomic E-state index is 13.8. The molecule has 0 aromatic heterocycles. The van der Waals surface area contributed by atoms with Crippen LogP contribution in [0, 0.1) is 5.82 Å². The number of hydrogen-bond acceptors (Lipinski definition) is 2. The molecule has 1 aliphatic carbocycles. The van der Waals surface area contributed by atoms with Gasteiger partial charge in [0, 0.05) is 16.8 Å². The minimum Gasteiger partial charge on any atom is -1.00 e. The second-order valence-corrected chi connectivity index (χ2v) is 9.00. The van der Waals surface area contributed by atoms with Crippen LogP contribution in [0.25, 0.3) is 6.08 Å². The Labute approximate surface area is 201 Å². The molecule has 4 nitrogen and oxygen atoms in total. The van der Waals surface area contributed by atoms with Crippen LogP contribution >= 0.6 is 0 Å². The lowest BCUT2D eigenvalue weighted by Crippen LogP contribution is -3.00. The van der Waals surface area contributed by atoms with Crippen LogP contribution in [0.2, 0.25) is 0 Å². The summed E-state index contributed by atoms with van der Waals surface area (Å²) in [5, 5.41) is 2.92. The molecule has 1 saturated carbocycles. The monoisotopic (exact) mass is 536 g/mol. The number of fused-ring (bicyclic) bond motifs is 1. The number of carbonyl (C=O) groups is 1. The van der Waals surface area contributed by atoms with Gasteiger partial charge in [-0.2, -0.15) is 0 Å². The molecule has 0 bridgehead atoms. The zero-order valence-corrected chi connectivity index (χ0v) is 20.3. The Morgan fingerprint density at radius 3 is 2.52 bits per heavy atom. The fourth-order valence-electron chi connectivity index (χ4n) is 4.59. The van der Waals surface area contributed by atoms with Crippen molar-refractivity contribution in [1.82, 2.24) is 0 Å². The number of halogens is 2. The SMILES string of the molecule is C[N+](C)(Cc1ccc(NC(=O)C2=Cc3cccc(F)c3OC2)cc1)C1CCCCC1.[I-]. The standard InChI is InChI=1S/C25H29FN2O2.HI/c1-28(2,22-8-4-3-5-9-22)16-18-11-13-21(14-12-18)27-25(29)20-15-19-7-6-10-23(26)24(19)30-17-20;/h6-7,10-15,22H,3-5,8-9,16-17H2,1-2H3;1H. The summed E-state index contributed by atoms with van der Waals surface area (Å²) in [6.45, 7) is 1.05. The molecule has 2 aromatic carbocycles. The average molecular weight is 536 g/mol. The summed E-state index contributed by atoms with van der Waals surface area (Å²) in [5.41, 5.74) is 3.09. The number of amides is 1. The van der Waals surface area contributed by atoms with E-state index in [1.54, 1.807) is 18.2 Å². The summed E-state index contributed by atoms with van der Waals surface area (Å²) < 4.78 is 20.2. The molecule has 1 N–H and O–H groups in total. The van der Waals surface area contributed by atoms with E-state index >= 15 is 0 Å². The Balaban J connectivity index is 0.00000272. The van der Waals surface area contributed by atoms with Gasteiger partial charge >= 0.3 is 0 Å². The summed E-state index contributed by atoms with van der Waals surface area (Å²) in [7, 11) is 4.64. The highest BCUT2D eigenvalue weighted by atomic mass is 127. The van der Waals surface area contributed by atoms with Crippen LogP contribution in [0.3, 0.4) is 0 Å².